The molecule has 23 heavy (non-hydrogen) atoms. The lowest BCUT2D eigenvalue weighted by Gasteiger charge is -2.43. The number of aryl methyl sites for hydroxylation is 1. The first-order valence-corrected chi connectivity index (χ1v) is 8.20. The number of benzene rings is 1. The predicted molar refractivity (Wildman–Crippen MR) is 92.4 cm³/mol. The maximum Gasteiger partial charge on any atom is 0.241 e. The topological polar surface area (TPSA) is 45.2 Å². The Hall–Kier alpha value is -2.20. The van der Waals surface area contributed by atoms with E-state index in [9.17, 15) is 4.79 Å². The average Bonchev–Trinajstić information content (AvgIpc) is 2.53. The minimum absolute atomic E-state index is 0.0729. The fourth-order valence-corrected chi connectivity index (χ4v) is 3.04. The monoisotopic (exact) mass is 309 g/mol. The van der Waals surface area contributed by atoms with E-state index in [4.69, 9.17) is 0 Å². The van der Waals surface area contributed by atoms with Crippen molar-refractivity contribution in [2.24, 2.45) is 0 Å². The molecule has 0 saturated carbocycles. The molecule has 0 radical (unpaired) electrons. The van der Waals surface area contributed by atoms with Crippen LogP contribution in [0.1, 0.15) is 30.5 Å². The summed E-state index contributed by atoms with van der Waals surface area (Å²) >= 11 is 0. The van der Waals surface area contributed by atoms with Crippen LogP contribution in [-0.2, 0) is 4.79 Å². The van der Waals surface area contributed by atoms with Crippen LogP contribution in [0.4, 0.5) is 5.69 Å². The van der Waals surface area contributed by atoms with Gasteiger partial charge < -0.3 is 5.32 Å². The summed E-state index contributed by atoms with van der Waals surface area (Å²) in [4.78, 5) is 19.2. The first-order valence-electron chi connectivity index (χ1n) is 8.20. The van der Waals surface area contributed by atoms with Gasteiger partial charge in [-0.3, -0.25) is 14.7 Å². The van der Waals surface area contributed by atoms with Gasteiger partial charge in [-0.1, -0.05) is 30.7 Å². The van der Waals surface area contributed by atoms with Crippen LogP contribution in [0, 0.1) is 6.92 Å². The second-order valence-electron chi connectivity index (χ2n) is 6.18. The van der Waals surface area contributed by atoms with Gasteiger partial charge in [0.1, 0.15) is 0 Å². The van der Waals surface area contributed by atoms with Crippen molar-refractivity contribution in [2.45, 2.75) is 32.2 Å². The van der Waals surface area contributed by atoms with Crippen molar-refractivity contribution in [3.05, 3.63) is 59.9 Å². The minimum atomic E-state index is -0.0729. The number of pyridine rings is 1. The molecule has 1 aliphatic rings. The highest BCUT2D eigenvalue weighted by molar-refractivity contribution is 5.94. The van der Waals surface area contributed by atoms with E-state index in [-0.39, 0.29) is 11.9 Å². The number of anilines is 1. The molecule has 1 aliphatic heterocycles. The van der Waals surface area contributed by atoms with E-state index in [1.54, 1.807) is 0 Å². The Morgan fingerprint density at radius 1 is 1.26 bits per heavy atom. The first kappa shape index (κ1) is 15.7. The van der Waals surface area contributed by atoms with Gasteiger partial charge in [0, 0.05) is 36.6 Å². The van der Waals surface area contributed by atoms with Crippen LogP contribution in [0.25, 0.3) is 0 Å². The fourth-order valence-electron chi connectivity index (χ4n) is 3.04. The molecular weight excluding hydrogens is 286 g/mol. The normalized spacial score (nSPS) is 16.6. The number of aromatic nitrogens is 1. The number of rotatable bonds is 5. The van der Waals surface area contributed by atoms with E-state index < -0.39 is 0 Å². The number of carbonyl (C=O) groups is 1. The van der Waals surface area contributed by atoms with Crippen molar-refractivity contribution in [3.63, 3.8) is 0 Å². The SMILES string of the molecule is CCC(C(=O)Nc1ccc(C)cc1)N1CC(c2ccccn2)C1. The maximum atomic E-state index is 12.5. The zero-order valence-electron chi connectivity index (χ0n) is 13.7. The molecule has 120 valence electrons. The first-order chi connectivity index (χ1) is 11.2. The summed E-state index contributed by atoms with van der Waals surface area (Å²) in [5, 5.41) is 3.03. The lowest BCUT2D eigenvalue weighted by Crippen LogP contribution is -2.54. The third kappa shape index (κ3) is 3.59. The van der Waals surface area contributed by atoms with Crippen molar-refractivity contribution in [1.29, 1.82) is 0 Å². The second kappa shape index (κ2) is 6.92. The van der Waals surface area contributed by atoms with Crippen LogP contribution in [0.3, 0.4) is 0 Å². The van der Waals surface area contributed by atoms with Crippen LogP contribution < -0.4 is 5.32 Å². The summed E-state index contributed by atoms with van der Waals surface area (Å²) in [7, 11) is 0. The lowest BCUT2D eigenvalue weighted by molar-refractivity contribution is -0.123. The van der Waals surface area contributed by atoms with Crippen LogP contribution in [0.15, 0.2) is 48.7 Å². The van der Waals surface area contributed by atoms with Gasteiger partial charge >= 0.3 is 0 Å². The summed E-state index contributed by atoms with van der Waals surface area (Å²) in [6.45, 7) is 5.90. The molecule has 2 heterocycles. The molecule has 0 bridgehead atoms. The molecule has 0 aliphatic carbocycles. The molecule has 0 spiro atoms. The van der Waals surface area contributed by atoms with Gasteiger partial charge in [-0.05, 0) is 37.6 Å². The maximum absolute atomic E-state index is 12.5. The smallest absolute Gasteiger partial charge is 0.241 e. The number of amides is 1. The molecule has 1 aromatic carbocycles. The van der Waals surface area contributed by atoms with Crippen molar-refractivity contribution >= 4 is 11.6 Å². The van der Waals surface area contributed by atoms with Crippen molar-refractivity contribution in [3.8, 4) is 0 Å². The molecule has 3 rings (SSSR count). The Balaban J connectivity index is 1.58. The molecule has 1 saturated heterocycles. The van der Waals surface area contributed by atoms with Gasteiger partial charge in [-0.15, -0.1) is 0 Å². The molecule has 1 aromatic heterocycles. The van der Waals surface area contributed by atoms with Crippen LogP contribution in [0.2, 0.25) is 0 Å². The Bertz CT molecular complexity index is 648. The van der Waals surface area contributed by atoms with E-state index in [0.717, 1.165) is 30.9 Å². The second-order valence-corrected chi connectivity index (χ2v) is 6.18. The Morgan fingerprint density at radius 3 is 2.61 bits per heavy atom. The van der Waals surface area contributed by atoms with E-state index in [1.165, 1.54) is 5.56 Å². The van der Waals surface area contributed by atoms with Crippen molar-refractivity contribution < 1.29 is 4.79 Å². The van der Waals surface area contributed by atoms with Gasteiger partial charge in [0.2, 0.25) is 5.91 Å². The molecule has 2 aromatic rings. The number of nitrogens with zero attached hydrogens (tertiary/aromatic N) is 2. The number of hydrogen-bond donors (Lipinski definition) is 1. The standard InChI is InChI=1S/C19H23N3O/c1-3-18(19(23)21-16-9-7-14(2)8-10-16)22-12-15(13-22)17-6-4-5-11-20-17/h4-11,15,18H,3,12-13H2,1-2H3,(H,21,23). The molecule has 1 N–H and O–H groups in total. The molecule has 4 heteroatoms. The summed E-state index contributed by atoms with van der Waals surface area (Å²) in [5.74, 6) is 0.522. The Kier molecular flexibility index (Phi) is 4.72. The van der Waals surface area contributed by atoms with Crippen molar-refractivity contribution in [1.82, 2.24) is 9.88 Å². The number of hydrogen-bond acceptors (Lipinski definition) is 3. The van der Waals surface area contributed by atoms with Crippen LogP contribution in [-0.4, -0.2) is 34.9 Å². The fraction of sp³-hybridized carbons (Fsp3) is 0.368. The highest BCUT2D eigenvalue weighted by atomic mass is 16.2. The molecule has 1 amide bonds. The summed E-state index contributed by atoms with van der Waals surface area (Å²) in [5.41, 5.74) is 3.18. The third-order valence-electron chi connectivity index (χ3n) is 4.47. The van der Waals surface area contributed by atoms with Crippen LogP contribution in [0.5, 0.6) is 0 Å². The highest BCUT2D eigenvalue weighted by Crippen LogP contribution is 2.28. The zero-order chi connectivity index (χ0) is 16.2. The number of likely N-dealkylation sites (tertiary alicyclic amines) is 1. The summed E-state index contributed by atoms with van der Waals surface area (Å²) in [6, 6.07) is 13.9. The molecule has 1 unspecified atom stereocenters. The number of nitrogens with one attached hydrogen (secondary N) is 1. The number of carbonyl (C=O) groups excluding carboxylic acids is 1. The molecule has 1 fully saturated rings. The van der Waals surface area contributed by atoms with Gasteiger partial charge in [0.05, 0.1) is 6.04 Å². The van der Waals surface area contributed by atoms with Gasteiger partial charge in [-0.25, -0.2) is 0 Å². The third-order valence-corrected chi connectivity index (χ3v) is 4.47. The predicted octanol–water partition coefficient (Wildman–Crippen LogP) is 3.21. The Labute approximate surface area is 137 Å². The molecule has 1 atom stereocenters. The molecule has 4 nitrogen and oxygen atoms in total. The van der Waals surface area contributed by atoms with E-state index in [1.807, 2.05) is 49.5 Å². The lowest BCUT2D eigenvalue weighted by atomic mass is 9.92. The van der Waals surface area contributed by atoms with E-state index in [2.05, 4.69) is 28.2 Å². The quantitative estimate of drug-likeness (QED) is 0.922. The average molecular weight is 309 g/mol. The largest absolute Gasteiger partial charge is 0.325 e. The summed E-state index contributed by atoms with van der Waals surface area (Å²) < 4.78 is 0. The van der Waals surface area contributed by atoms with Gasteiger partial charge in [0.25, 0.3) is 0 Å². The molecular formula is C19H23N3O. The van der Waals surface area contributed by atoms with Crippen LogP contribution >= 0.6 is 0 Å². The van der Waals surface area contributed by atoms with Crippen molar-refractivity contribution in [2.75, 3.05) is 18.4 Å². The van der Waals surface area contributed by atoms with E-state index >= 15 is 0 Å². The van der Waals surface area contributed by atoms with Gasteiger partial charge in [0.15, 0.2) is 0 Å². The van der Waals surface area contributed by atoms with E-state index in [0.29, 0.717) is 5.92 Å². The Morgan fingerprint density at radius 2 is 2.00 bits per heavy atom. The summed E-state index contributed by atoms with van der Waals surface area (Å²) in [6.07, 6.45) is 2.64. The minimum Gasteiger partial charge on any atom is -0.325 e. The van der Waals surface area contributed by atoms with Gasteiger partial charge in [-0.2, -0.15) is 0 Å². The zero-order valence-corrected chi connectivity index (χ0v) is 13.7. The highest BCUT2D eigenvalue weighted by Gasteiger charge is 2.36.